The summed E-state index contributed by atoms with van der Waals surface area (Å²) < 4.78 is 11.4. The minimum absolute atomic E-state index is 0. The highest BCUT2D eigenvalue weighted by Gasteiger charge is 2.11. The molecule has 1 aliphatic heterocycles. The van der Waals surface area contributed by atoms with Crippen LogP contribution in [0.25, 0.3) is 0 Å². The summed E-state index contributed by atoms with van der Waals surface area (Å²) in [7, 11) is 0. The van der Waals surface area contributed by atoms with Crippen molar-refractivity contribution < 1.29 is 9.47 Å². The van der Waals surface area contributed by atoms with Gasteiger partial charge in [-0.15, -0.1) is 24.0 Å². The first kappa shape index (κ1) is 20.8. The molecule has 6 nitrogen and oxygen atoms in total. The van der Waals surface area contributed by atoms with E-state index in [9.17, 15) is 0 Å². The van der Waals surface area contributed by atoms with Crippen LogP contribution in [0.5, 0.6) is 11.5 Å². The zero-order chi connectivity index (χ0) is 18.2. The predicted molar refractivity (Wildman–Crippen MR) is 117 cm³/mol. The number of aliphatic imine (C=N–C) groups is 1. The van der Waals surface area contributed by atoms with Gasteiger partial charge in [-0.05, 0) is 36.8 Å². The lowest BCUT2D eigenvalue weighted by Crippen LogP contribution is -2.30. The SMILES string of the molecule is CCNC(=NCc1ccc(C#N)cc1)Nc1ccc2c(c1)OCCCO2.I. The summed E-state index contributed by atoms with van der Waals surface area (Å²) in [4.78, 5) is 4.60. The van der Waals surface area contributed by atoms with E-state index in [0.29, 0.717) is 31.3 Å². The number of rotatable bonds is 4. The number of guanidine groups is 1. The molecular weight excluding hydrogens is 455 g/mol. The van der Waals surface area contributed by atoms with E-state index in [4.69, 9.17) is 14.7 Å². The molecule has 0 saturated heterocycles. The maximum Gasteiger partial charge on any atom is 0.196 e. The van der Waals surface area contributed by atoms with E-state index >= 15 is 0 Å². The topological polar surface area (TPSA) is 78.7 Å². The molecule has 1 heterocycles. The van der Waals surface area contributed by atoms with Gasteiger partial charge in [0, 0.05) is 24.7 Å². The van der Waals surface area contributed by atoms with Gasteiger partial charge in [-0.1, -0.05) is 12.1 Å². The summed E-state index contributed by atoms with van der Waals surface area (Å²) in [6.45, 7) is 4.63. The molecule has 0 saturated carbocycles. The number of nitrogens with one attached hydrogen (secondary N) is 2. The molecular formula is C20H23IN4O2. The van der Waals surface area contributed by atoms with Crippen molar-refractivity contribution in [3.05, 3.63) is 53.6 Å². The van der Waals surface area contributed by atoms with Gasteiger partial charge in [0.25, 0.3) is 0 Å². The lowest BCUT2D eigenvalue weighted by Gasteiger charge is -2.13. The van der Waals surface area contributed by atoms with Crippen LogP contribution in [0.2, 0.25) is 0 Å². The van der Waals surface area contributed by atoms with Crippen LogP contribution < -0.4 is 20.1 Å². The first-order valence-corrected chi connectivity index (χ1v) is 8.72. The Morgan fingerprint density at radius 3 is 2.56 bits per heavy atom. The monoisotopic (exact) mass is 478 g/mol. The molecule has 0 radical (unpaired) electrons. The Morgan fingerprint density at radius 2 is 1.85 bits per heavy atom. The number of hydrogen-bond donors (Lipinski definition) is 2. The minimum Gasteiger partial charge on any atom is -0.490 e. The van der Waals surface area contributed by atoms with E-state index in [1.807, 2.05) is 37.3 Å². The van der Waals surface area contributed by atoms with Crippen LogP contribution in [0.1, 0.15) is 24.5 Å². The highest BCUT2D eigenvalue weighted by atomic mass is 127. The summed E-state index contributed by atoms with van der Waals surface area (Å²) in [5, 5.41) is 15.4. The number of hydrogen-bond acceptors (Lipinski definition) is 4. The van der Waals surface area contributed by atoms with Gasteiger partial charge in [0.2, 0.25) is 0 Å². The van der Waals surface area contributed by atoms with Crippen LogP contribution in [0, 0.1) is 11.3 Å². The van der Waals surface area contributed by atoms with E-state index in [-0.39, 0.29) is 24.0 Å². The molecule has 7 heteroatoms. The average Bonchev–Trinajstić information content (AvgIpc) is 2.91. The van der Waals surface area contributed by atoms with Gasteiger partial charge >= 0.3 is 0 Å². The summed E-state index contributed by atoms with van der Waals surface area (Å²) in [5.74, 6) is 2.20. The van der Waals surface area contributed by atoms with Crippen molar-refractivity contribution in [2.24, 2.45) is 4.99 Å². The molecule has 2 aromatic rings. The number of ether oxygens (including phenoxy) is 2. The third-order valence-corrected chi connectivity index (χ3v) is 3.86. The van der Waals surface area contributed by atoms with Crippen molar-refractivity contribution in [2.75, 3.05) is 25.1 Å². The smallest absolute Gasteiger partial charge is 0.196 e. The van der Waals surface area contributed by atoms with Crippen LogP contribution in [0.15, 0.2) is 47.5 Å². The third kappa shape index (κ3) is 6.03. The summed E-state index contributed by atoms with van der Waals surface area (Å²) in [6, 6.07) is 15.3. The van der Waals surface area contributed by atoms with Crippen molar-refractivity contribution >= 4 is 35.6 Å². The van der Waals surface area contributed by atoms with Crippen LogP contribution in [-0.4, -0.2) is 25.7 Å². The van der Waals surface area contributed by atoms with Gasteiger partial charge in [0.05, 0.1) is 31.4 Å². The lowest BCUT2D eigenvalue weighted by molar-refractivity contribution is 0.297. The van der Waals surface area contributed by atoms with E-state index in [1.54, 1.807) is 12.1 Å². The molecule has 1 aliphatic rings. The van der Waals surface area contributed by atoms with Crippen LogP contribution in [0.3, 0.4) is 0 Å². The summed E-state index contributed by atoms with van der Waals surface area (Å²) >= 11 is 0. The van der Waals surface area contributed by atoms with Gasteiger partial charge in [-0.2, -0.15) is 5.26 Å². The number of nitriles is 1. The highest BCUT2D eigenvalue weighted by Crippen LogP contribution is 2.32. The van der Waals surface area contributed by atoms with E-state index in [0.717, 1.165) is 35.7 Å². The van der Waals surface area contributed by atoms with Crippen molar-refractivity contribution in [2.45, 2.75) is 19.9 Å². The number of anilines is 1. The second-order valence-electron chi connectivity index (χ2n) is 5.84. The van der Waals surface area contributed by atoms with Gasteiger partial charge < -0.3 is 20.1 Å². The fourth-order valence-corrected chi connectivity index (χ4v) is 2.54. The van der Waals surface area contributed by atoms with Gasteiger partial charge in [-0.25, -0.2) is 4.99 Å². The molecule has 0 aromatic heterocycles. The molecule has 2 N–H and O–H groups in total. The molecule has 0 atom stereocenters. The Hall–Kier alpha value is -2.47. The molecule has 142 valence electrons. The standard InChI is InChI=1S/C20H22N4O2.HI/c1-2-22-20(23-14-16-6-4-15(13-21)5-7-16)24-17-8-9-18-19(12-17)26-11-3-10-25-18;/h4-9,12H,2-3,10-11,14H2,1H3,(H2,22,23,24);1H. The maximum absolute atomic E-state index is 8.87. The van der Waals surface area contributed by atoms with Gasteiger partial charge in [-0.3, -0.25) is 0 Å². The third-order valence-electron chi connectivity index (χ3n) is 3.86. The Kier molecular flexibility index (Phi) is 8.20. The summed E-state index contributed by atoms with van der Waals surface area (Å²) in [5.41, 5.74) is 2.57. The predicted octanol–water partition coefficient (Wildman–Crippen LogP) is 3.92. The lowest BCUT2D eigenvalue weighted by atomic mass is 10.1. The van der Waals surface area contributed by atoms with Crippen molar-refractivity contribution in [1.82, 2.24) is 5.32 Å². The van der Waals surface area contributed by atoms with Crippen LogP contribution in [0.4, 0.5) is 5.69 Å². The number of nitrogens with zero attached hydrogens (tertiary/aromatic N) is 2. The molecule has 0 amide bonds. The van der Waals surface area contributed by atoms with Crippen molar-refractivity contribution in [1.29, 1.82) is 5.26 Å². The largest absolute Gasteiger partial charge is 0.490 e. The summed E-state index contributed by atoms with van der Waals surface area (Å²) in [6.07, 6.45) is 0.881. The Balaban J connectivity index is 0.00000261. The fourth-order valence-electron chi connectivity index (χ4n) is 2.54. The number of benzene rings is 2. The van der Waals surface area contributed by atoms with E-state index in [1.165, 1.54) is 0 Å². The molecule has 0 spiro atoms. The normalized spacial score (nSPS) is 13.0. The molecule has 0 fully saturated rings. The zero-order valence-electron chi connectivity index (χ0n) is 15.2. The highest BCUT2D eigenvalue weighted by molar-refractivity contribution is 14.0. The minimum atomic E-state index is 0. The molecule has 0 aliphatic carbocycles. The number of halogens is 1. The molecule has 3 rings (SSSR count). The molecule has 0 bridgehead atoms. The Bertz CT molecular complexity index is 816. The fraction of sp³-hybridized carbons (Fsp3) is 0.300. The van der Waals surface area contributed by atoms with Crippen LogP contribution in [-0.2, 0) is 6.54 Å². The number of fused-ring (bicyclic) bond motifs is 1. The Morgan fingerprint density at radius 1 is 1.11 bits per heavy atom. The average molecular weight is 478 g/mol. The molecule has 0 unspecified atom stereocenters. The van der Waals surface area contributed by atoms with Gasteiger partial charge in [0.15, 0.2) is 17.5 Å². The maximum atomic E-state index is 8.87. The van der Waals surface area contributed by atoms with Gasteiger partial charge in [0.1, 0.15) is 0 Å². The second kappa shape index (κ2) is 10.6. The van der Waals surface area contributed by atoms with E-state index < -0.39 is 0 Å². The van der Waals surface area contributed by atoms with E-state index in [2.05, 4.69) is 21.7 Å². The first-order chi connectivity index (χ1) is 12.8. The van der Waals surface area contributed by atoms with Crippen molar-refractivity contribution in [3.8, 4) is 17.6 Å². The second-order valence-corrected chi connectivity index (χ2v) is 5.84. The van der Waals surface area contributed by atoms with Crippen molar-refractivity contribution in [3.63, 3.8) is 0 Å². The Labute approximate surface area is 176 Å². The first-order valence-electron chi connectivity index (χ1n) is 8.72. The molecule has 27 heavy (non-hydrogen) atoms. The molecule has 2 aromatic carbocycles. The zero-order valence-corrected chi connectivity index (χ0v) is 17.5. The van der Waals surface area contributed by atoms with Crippen LogP contribution >= 0.6 is 24.0 Å². The quantitative estimate of drug-likeness (QED) is 0.396.